The molecule has 180 valence electrons. The van der Waals surface area contributed by atoms with Gasteiger partial charge in [0.2, 0.25) is 5.67 Å². The van der Waals surface area contributed by atoms with Crippen molar-refractivity contribution in [2.24, 2.45) is 0 Å². The van der Waals surface area contributed by atoms with Crippen molar-refractivity contribution in [2.45, 2.75) is 37.1 Å². The molecule has 32 heavy (non-hydrogen) atoms. The zero-order chi connectivity index (χ0) is 24.7. The van der Waals surface area contributed by atoms with Crippen LogP contribution in [0.15, 0.2) is 17.1 Å². The van der Waals surface area contributed by atoms with Gasteiger partial charge < -0.3 is 35.2 Å². The number of anilines is 1. The van der Waals surface area contributed by atoms with Gasteiger partial charge in [-0.3, -0.25) is 9.09 Å². The fraction of sp³-hybridized carbons (Fsp3) is 0.500. The van der Waals surface area contributed by atoms with Crippen molar-refractivity contribution in [1.82, 2.24) is 9.55 Å². The van der Waals surface area contributed by atoms with Gasteiger partial charge in [0, 0.05) is 6.20 Å². The maximum Gasteiger partial charge on any atom is 0.490 e. The number of hydrogen-bond donors (Lipinski definition) is 6. The summed E-state index contributed by atoms with van der Waals surface area (Å²) >= 11 is 0. The first kappa shape index (κ1) is 26.7. The molecule has 16 nitrogen and oxygen atoms in total. The van der Waals surface area contributed by atoms with Crippen molar-refractivity contribution in [3.8, 4) is 12.3 Å². The van der Waals surface area contributed by atoms with Crippen molar-refractivity contribution in [1.29, 1.82) is 0 Å². The molecule has 7 N–H and O–H groups in total. The van der Waals surface area contributed by atoms with Crippen LogP contribution in [0, 0.1) is 12.3 Å². The highest BCUT2D eigenvalue weighted by atomic mass is 31.3. The first-order valence-electron chi connectivity index (χ1n) is 8.08. The minimum atomic E-state index is -5.82. The summed E-state index contributed by atoms with van der Waals surface area (Å²) in [4.78, 5) is 51.2. The number of phosphoric ester groups is 1. The average molecular weight is 523 g/mol. The van der Waals surface area contributed by atoms with Gasteiger partial charge in [0.15, 0.2) is 6.23 Å². The molecule has 2 heterocycles. The standard InChI is InChI=1S/C12H17FN3O13P3/c1-3-12(13)9(17)8(26-10(12)16-5-4-7(14)15-11(16)18)6(2)27-31(22,23)29-32(24,25)28-30(19,20)21/h1,4-6,8-10,17H,2H3,(H,22,23)(H,24,25)(H2,14,15,18)(H2,19,20,21)/t6-,8-,9+,10-,12?/m1/s1. The molecule has 1 saturated heterocycles. The number of rotatable bonds is 8. The fourth-order valence-corrected chi connectivity index (χ4v) is 5.87. The van der Waals surface area contributed by atoms with Crippen LogP contribution in [0.1, 0.15) is 13.2 Å². The Morgan fingerprint density at radius 3 is 2.41 bits per heavy atom. The van der Waals surface area contributed by atoms with E-state index in [1.165, 1.54) is 0 Å². The number of aliphatic hydroxyl groups is 1. The summed E-state index contributed by atoms with van der Waals surface area (Å²) in [6, 6.07) is 1.09. The van der Waals surface area contributed by atoms with Crippen LogP contribution in [-0.4, -0.2) is 58.2 Å². The zero-order valence-electron chi connectivity index (χ0n) is 15.7. The highest BCUT2D eigenvalue weighted by molar-refractivity contribution is 7.66. The molecular weight excluding hydrogens is 506 g/mol. The molecule has 0 amide bonds. The number of aliphatic hydroxyl groups excluding tert-OH is 1. The largest absolute Gasteiger partial charge is 0.490 e. The molecule has 1 aliphatic heterocycles. The first-order chi connectivity index (χ1) is 14.4. The summed E-state index contributed by atoms with van der Waals surface area (Å²) in [6.45, 7) is 0.926. The number of terminal acetylenes is 1. The van der Waals surface area contributed by atoms with Gasteiger partial charge >= 0.3 is 29.2 Å². The van der Waals surface area contributed by atoms with Crippen LogP contribution in [0.4, 0.5) is 10.2 Å². The molecule has 1 fully saturated rings. The average Bonchev–Trinajstić information content (AvgIpc) is 2.84. The van der Waals surface area contributed by atoms with Gasteiger partial charge in [-0.2, -0.15) is 13.6 Å². The van der Waals surface area contributed by atoms with E-state index in [4.69, 9.17) is 31.6 Å². The Morgan fingerprint density at radius 2 is 1.91 bits per heavy atom. The van der Waals surface area contributed by atoms with E-state index in [1.807, 2.05) is 0 Å². The quantitative estimate of drug-likeness (QED) is 0.179. The van der Waals surface area contributed by atoms with Gasteiger partial charge in [0.05, 0.1) is 6.10 Å². The second-order valence-corrected chi connectivity index (χ2v) is 10.6. The Labute approximate surface area is 178 Å². The van der Waals surface area contributed by atoms with Crippen LogP contribution in [0.2, 0.25) is 0 Å². The van der Waals surface area contributed by atoms with E-state index >= 15 is 4.39 Å². The number of nitrogen functional groups attached to an aromatic ring is 1. The maximum absolute atomic E-state index is 15.3. The van der Waals surface area contributed by atoms with E-state index in [1.54, 1.807) is 5.92 Å². The van der Waals surface area contributed by atoms with Crippen LogP contribution in [0.5, 0.6) is 0 Å². The Hall–Kier alpha value is -1.50. The van der Waals surface area contributed by atoms with Crippen molar-refractivity contribution in [3.63, 3.8) is 0 Å². The molecule has 0 bridgehead atoms. The molecule has 20 heteroatoms. The number of ether oxygens (including phenoxy) is 1. The molecule has 0 aromatic carbocycles. The zero-order valence-corrected chi connectivity index (χ0v) is 18.4. The number of hydrogen-bond acceptors (Lipinski definition) is 11. The van der Waals surface area contributed by atoms with Crippen LogP contribution >= 0.6 is 23.5 Å². The van der Waals surface area contributed by atoms with Gasteiger partial charge in [-0.25, -0.2) is 22.9 Å². The Kier molecular flexibility index (Phi) is 7.55. The van der Waals surface area contributed by atoms with Gasteiger partial charge in [-0.15, -0.1) is 6.42 Å². The molecule has 1 aliphatic rings. The third-order valence-corrected chi connectivity index (χ3v) is 7.82. The van der Waals surface area contributed by atoms with E-state index in [2.05, 4.69) is 18.1 Å². The van der Waals surface area contributed by atoms with Crippen molar-refractivity contribution >= 4 is 29.3 Å². The molecular formula is C12H17FN3O13P3. The normalized spacial score (nSPS) is 30.8. The topological polar surface area (TPSA) is 250 Å². The second kappa shape index (κ2) is 9.03. The van der Waals surface area contributed by atoms with Crippen LogP contribution < -0.4 is 11.4 Å². The maximum atomic E-state index is 15.3. The lowest BCUT2D eigenvalue weighted by Gasteiger charge is -2.25. The lowest BCUT2D eigenvalue weighted by molar-refractivity contribution is -0.0780. The fourth-order valence-electron chi connectivity index (χ4n) is 2.67. The molecule has 0 radical (unpaired) electrons. The predicted molar refractivity (Wildman–Crippen MR) is 99.9 cm³/mol. The predicted octanol–water partition coefficient (Wildman–Crippen LogP) is -0.843. The van der Waals surface area contributed by atoms with Crippen molar-refractivity contribution in [3.05, 3.63) is 22.7 Å². The van der Waals surface area contributed by atoms with Gasteiger partial charge in [-0.1, -0.05) is 5.92 Å². The second-order valence-electron chi connectivity index (χ2n) is 6.25. The highest BCUT2D eigenvalue weighted by Crippen LogP contribution is 2.66. The number of nitrogens with two attached hydrogens (primary N) is 1. The summed E-state index contributed by atoms with van der Waals surface area (Å²) in [6.07, 6.45) is -1.85. The molecule has 7 atom stereocenters. The molecule has 2 rings (SSSR count). The SMILES string of the molecule is C#CC1(F)[C@@H](O)[C@@H]([C@@H](C)OP(=O)(O)OP(=O)(O)OP(=O)(O)O)O[C@H]1n1ccc(N)nc1=O. The van der Waals surface area contributed by atoms with Crippen LogP contribution in [0.25, 0.3) is 0 Å². The summed E-state index contributed by atoms with van der Waals surface area (Å²) in [5, 5.41) is 10.3. The van der Waals surface area contributed by atoms with E-state index in [0.717, 1.165) is 19.2 Å². The van der Waals surface area contributed by atoms with Crippen LogP contribution in [-0.2, 0) is 31.6 Å². The first-order valence-corrected chi connectivity index (χ1v) is 12.6. The number of alkyl halides is 1. The number of aromatic nitrogens is 2. The van der Waals surface area contributed by atoms with E-state index in [-0.39, 0.29) is 5.82 Å². The molecule has 1 aromatic rings. The van der Waals surface area contributed by atoms with E-state index in [9.17, 15) is 28.5 Å². The highest BCUT2D eigenvalue weighted by Gasteiger charge is 2.60. The third kappa shape index (κ3) is 6.09. The molecule has 1 aromatic heterocycles. The Bertz CT molecular complexity index is 1120. The minimum Gasteiger partial charge on any atom is -0.386 e. The van der Waals surface area contributed by atoms with Crippen molar-refractivity contribution in [2.75, 3.05) is 5.73 Å². The minimum absolute atomic E-state index is 0.215. The monoisotopic (exact) mass is 523 g/mol. The number of nitrogens with zero attached hydrogens (tertiary/aromatic N) is 2. The molecule has 3 unspecified atom stereocenters. The molecule has 0 saturated carbocycles. The summed E-state index contributed by atoms with van der Waals surface area (Å²) < 4.78 is 66.7. The van der Waals surface area contributed by atoms with Gasteiger partial charge in [0.25, 0.3) is 0 Å². The van der Waals surface area contributed by atoms with Gasteiger partial charge in [0.1, 0.15) is 18.0 Å². The van der Waals surface area contributed by atoms with Crippen LogP contribution in [0.3, 0.4) is 0 Å². The Balaban J connectivity index is 2.27. The summed E-state index contributed by atoms with van der Waals surface area (Å²) in [5.74, 6) is 1.41. The molecule has 0 spiro atoms. The summed E-state index contributed by atoms with van der Waals surface area (Å²) in [5.41, 5.74) is 1.15. The van der Waals surface area contributed by atoms with E-state index < -0.39 is 59.4 Å². The number of phosphoric acid groups is 3. The third-order valence-electron chi connectivity index (χ3n) is 3.89. The van der Waals surface area contributed by atoms with E-state index in [0.29, 0.717) is 4.57 Å². The molecule has 0 aliphatic carbocycles. The Morgan fingerprint density at radius 1 is 1.31 bits per heavy atom. The lowest BCUT2D eigenvalue weighted by Crippen LogP contribution is -2.45. The lowest BCUT2D eigenvalue weighted by atomic mass is 9.95. The van der Waals surface area contributed by atoms with Gasteiger partial charge in [-0.05, 0) is 13.0 Å². The summed E-state index contributed by atoms with van der Waals surface area (Å²) in [7, 11) is -17.1. The smallest absolute Gasteiger partial charge is 0.386 e. The number of halogens is 1. The van der Waals surface area contributed by atoms with Crippen molar-refractivity contribution < 1.29 is 60.6 Å².